The molecular weight excluding hydrogens is 466 g/mol. The zero-order valence-electron chi connectivity index (χ0n) is 19.6. The first-order chi connectivity index (χ1) is 17.0. The highest BCUT2D eigenvalue weighted by Crippen LogP contribution is 2.34. The number of hydrogen-bond acceptors (Lipinski definition) is 7. The number of anilines is 1. The fourth-order valence-electron chi connectivity index (χ4n) is 3.69. The smallest absolute Gasteiger partial charge is 0.259 e. The van der Waals surface area contributed by atoms with Crippen LogP contribution in [0.4, 0.5) is 11.4 Å². The average molecular weight is 494 g/mol. The van der Waals surface area contributed by atoms with E-state index in [9.17, 15) is 14.4 Å². The van der Waals surface area contributed by atoms with Gasteiger partial charge in [-0.3, -0.25) is 19.4 Å². The largest absolute Gasteiger partial charge is 0.497 e. The molecule has 2 aromatic rings. The SMILES string of the molecule is CCCCNC(=O)C[C@H]1N=C2c3ccccc3N=C(SCC(=O)Nc3ccc(OC)cc3)N2C1=O. The van der Waals surface area contributed by atoms with Crippen molar-refractivity contribution in [3.63, 3.8) is 0 Å². The van der Waals surface area contributed by atoms with Crippen molar-refractivity contribution in [2.24, 2.45) is 9.98 Å². The van der Waals surface area contributed by atoms with E-state index in [0.29, 0.717) is 34.7 Å². The number of rotatable bonds is 9. The predicted molar refractivity (Wildman–Crippen MR) is 137 cm³/mol. The van der Waals surface area contributed by atoms with E-state index in [1.54, 1.807) is 31.4 Å². The lowest BCUT2D eigenvalue weighted by atomic mass is 10.1. The van der Waals surface area contributed by atoms with Gasteiger partial charge < -0.3 is 15.4 Å². The lowest BCUT2D eigenvalue weighted by Gasteiger charge is -2.25. The third-order valence-electron chi connectivity index (χ3n) is 5.49. The molecule has 2 N–H and O–H groups in total. The summed E-state index contributed by atoms with van der Waals surface area (Å²) >= 11 is 1.15. The number of amides is 3. The Labute approximate surface area is 208 Å². The molecule has 0 aliphatic carbocycles. The number of methoxy groups -OCH3 is 1. The first-order valence-electron chi connectivity index (χ1n) is 11.4. The number of aliphatic imine (C=N–C) groups is 2. The van der Waals surface area contributed by atoms with Crippen LogP contribution in [0.15, 0.2) is 58.5 Å². The molecule has 0 spiro atoms. The van der Waals surface area contributed by atoms with Crippen molar-refractivity contribution in [3.05, 3.63) is 54.1 Å². The van der Waals surface area contributed by atoms with Gasteiger partial charge in [0, 0.05) is 17.8 Å². The Kier molecular flexibility index (Phi) is 7.81. The lowest BCUT2D eigenvalue weighted by Crippen LogP contribution is -2.42. The van der Waals surface area contributed by atoms with Crippen molar-refractivity contribution in [2.45, 2.75) is 32.2 Å². The van der Waals surface area contributed by atoms with Crippen LogP contribution in [0.5, 0.6) is 5.75 Å². The number of carbonyl (C=O) groups is 3. The minimum atomic E-state index is -0.822. The summed E-state index contributed by atoms with van der Waals surface area (Å²) in [6, 6.07) is 13.6. The third-order valence-corrected chi connectivity index (χ3v) is 6.42. The Balaban J connectivity index is 1.46. The highest BCUT2D eigenvalue weighted by Gasteiger charge is 2.42. The molecule has 0 unspecified atom stereocenters. The molecule has 0 saturated carbocycles. The molecule has 9 nitrogen and oxygen atoms in total. The monoisotopic (exact) mass is 493 g/mol. The molecule has 2 heterocycles. The maximum Gasteiger partial charge on any atom is 0.259 e. The summed E-state index contributed by atoms with van der Waals surface area (Å²) in [5, 5.41) is 6.03. The van der Waals surface area contributed by atoms with Crippen LogP contribution < -0.4 is 15.4 Å². The van der Waals surface area contributed by atoms with Crippen molar-refractivity contribution >= 4 is 51.9 Å². The van der Waals surface area contributed by atoms with Crippen LogP contribution in [0.25, 0.3) is 0 Å². The Morgan fingerprint density at radius 3 is 2.63 bits per heavy atom. The highest BCUT2D eigenvalue weighted by molar-refractivity contribution is 8.14. The number of fused-ring (bicyclic) bond motifs is 3. The molecule has 10 heteroatoms. The summed E-state index contributed by atoms with van der Waals surface area (Å²) in [6.45, 7) is 2.62. The van der Waals surface area contributed by atoms with Gasteiger partial charge in [0.1, 0.15) is 17.6 Å². The molecule has 0 bridgehead atoms. The van der Waals surface area contributed by atoms with E-state index in [1.165, 1.54) is 4.90 Å². The number of ether oxygens (including phenoxy) is 1. The minimum Gasteiger partial charge on any atom is -0.497 e. The van der Waals surface area contributed by atoms with Crippen LogP contribution in [-0.4, -0.2) is 59.1 Å². The number of amidine groups is 2. The number of nitrogens with zero attached hydrogens (tertiary/aromatic N) is 3. The molecule has 0 saturated heterocycles. The van der Waals surface area contributed by atoms with Crippen molar-refractivity contribution in [1.29, 1.82) is 0 Å². The normalized spacial score (nSPS) is 16.1. The van der Waals surface area contributed by atoms with E-state index in [2.05, 4.69) is 20.6 Å². The summed E-state index contributed by atoms with van der Waals surface area (Å²) in [4.78, 5) is 48.8. The van der Waals surface area contributed by atoms with Gasteiger partial charge in [0.15, 0.2) is 5.17 Å². The predicted octanol–water partition coefficient (Wildman–Crippen LogP) is 3.33. The number of hydrogen-bond donors (Lipinski definition) is 2. The van der Waals surface area contributed by atoms with Gasteiger partial charge in [0.2, 0.25) is 11.8 Å². The quantitative estimate of drug-likeness (QED) is 0.521. The van der Waals surface area contributed by atoms with Gasteiger partial charge in [-0.2, -0.15) is 0 Å². The van der Waals surface area contributed by atoms with Crippen molar-refractivity contribution in [2.75, 3.05) is 24.7 Å². The maximum absolute atomic E-state index is 13.2. The molecule has 2 aliphatic heterocycles. The van der Waals surface area contributed by atoms with Crippen molar-refractivity contribution in [1.82, 2.24) is 10.2 Å². The fraction of sp³-hybridized carbons (Fsp3) is 0.320. The standard InChI is InChI=1S/C25H27N5O4S/c1-3-4-13-26-21(31)14-20-24(33)30-23(28-20)18-7-5-6-8-19(18)29-25(30)35-15-22(32)27-16-9-11-17(34-2)12-10-16/h5-12,20H,3-4,13-15H2,1-2H3,(H,26,31)(H,27,32)/t20-/m1/s1. The van der Waals surface area contributed by atoms with Crippen molar-refractivity contribution < 1.29 is 19.1 Å². The summed E-state index contributed by atoms with van der Waals surface area (Å²) in [7, 11) is 1.58. The van der Waals surface area contributed by atoms with Crippen LogP contribution >= 0.6 is 11.8 Å². The Hall–Kier alpha value is -3.66. The molecule has 0 radical (unpaired) electrons. The molecule has 182 valence electrons. The zero-order valence-corrected chi connectivity index (χ0v) is 20.4. The molecule has 4 rings (SSSR count). The maximum atomic E-state index is 13.2. The number of unbranched alkanes of at least 4 members (excludes halogenated alkanes) is 1. The Morgan fingerprint density at radius 2 is 1.89 bits per heavy atom. The van der Waals surface area contributed by atoms with Gasteiger partial charge >= 0.3 is 0 Å². The van der Waals surface area contributed by atoms with Crippen LogP contribution in [0, 0.1) is 0 Å². The van der Waals surface area contributed by atoms with E-state index >= 15 is 0 Å². The van der Waals surface area contributed by atoms with E-state index in [4.69, 9.17) is 4.74 Å². The third kappa shape index (κ3) is 5.71. The summed E-state index contributed by atoms with van der Waals surface area (Å²) < 4.78 is 5.13. The summed E-state index contributed by atoms with van der Waals surface area (Å²) in [5.74, 6) is 0.442. The van der Waals surface area contributed by atoms with E-state index in [1.807, 2.05) is 31.2 Å². The van der Waals surface area contributed by atoms with Crippen LogP contribution in [0.1, 0.15) is 31.7 Å². The zero-order chi connectivity index (χ0) is 24.8. The number of thioether (sulfide) groups is 1. The van der Waals surface area contributed by atoms with E-state index in [0.717, 1.165) is 30.2 Å². The van der Waals surface area contributed by atoms with Gasteiger partial charge in [0.05, 0.1) is 25.0 Å². The molecule has 35 heavy (non-hydrogen) atoms. The van der Waals surface area contributed by atoms with Gasteiger partial charge in [-0.25, -0.2) is 9.89 Å². The Bertz CT molecular complexity index is 1180. The molecular formula is C25H27N5O4S. The number of carbonyl (C=O) groups excluding carboxylic acids is 3. The van der Waals surface area contributed by atoms with Crippen LogP contribution in [0.3, 0.4) is 0 Å². The fourth-order valence-corrected chi connectivity index (χ4v) is 4.49. The van der Waals surface area contributed by atoms with Gasteiger partial charge in [-0.1, -0.05) is 37.2 Å². The number of para-hydroxylation sites is 1. The number of nitrogens with one attached hydrogen (secondary N) is 2. The number of benzene rings is 2. The molecule has 2 aliphatic rings. The molecule has 2 aromatic carbocycles. The first-order valence-corrected chi connectivity index (χ1v) is 12.4. The minimum absolute atomic E-state index is 0.0272. The van der Waals surface area contributed by atoms with Crippen LogP contribution in [0.2, 0.25) is 0 Å². The lowest BCUT2D eigenvalue weighted by molar-refractivity contribution is -0.128. The second-order valence-corrected chi connectivity index (χ2v) is 8.97. The molecule has 3 amide bonds. The van der Waals surface area contributed by atoms with Gasteiger partial charge in [-0.15, -0.1) is 0 Å². The summed E-state index contributed by atoms with van der Waals surface area (Å²) in [5.41, 5.74) is 2.03. The van der Waals surface area contributed by atoms with Gasteiger partial charge in [0.25, 0.3) is 5.91 Å². The topological polar surface area (TPSA) is 112 Å². The summed E-state index contributed by atoms with van der Waals surface area (Å²) in [6.07, 6.45) is 1.82. The average Bonchev–Trinajstić information content (AvgIpc) is 3.19. The second-order valence-electron chi connectivity index (χ2n) is 8.03. The van der Waals surface area contributed by atoms with E-state index in [-0.39, 0.29) is 29.9 Å². The van der Waals surface area contributed by atoms with Crippen LogP contribution in [-0.2, 0) is 14.4 Å². The van der Waals surface area contributed by atoms with E-state index < -0.39 is 6.04 Å². The Morgan fingerprint density at radius 1 is 1.11 bits per heavy atom. The first kappa shape index (κ1) is 24.5. The second kappa shape index (κ2) is 11.2. The molecule has 0 aromatic heterocycles. The highest BCUT2D eigenvalue weighted by atomic mass is 32.2. The molecule has 0 fully saturated rings. The van der Waals surface area contributed by atoms with Gasteiger partial charge in [-0.05, 0) is 42.8 Å². The molecule has 1 atom stereocenters. The van der Waals surface area contributed by atoms with Crippen molar-refractivity contribution in [3.8, 4) is 5.75 Å².